The monoisotopic (exact) mass is 400 g/mol. The van der Waals surface area contributed by atoms with E-state index in [2.05, 4.69) is 9.50 Å². The number of carbonyl (C=O) groups is 1. The minimum Gasteiger partial charge on any atom is -0.399 e. The van der Waals surface area contributed by atoms with Gasteiger partial charge >= 0.3 is 10.4 Å². The number of hydrogen-bond acceptors (Lipinski definition) is 7. The Hall–Kier alpha value is -2.47. The van der Waals surface area contributed by atoms with Crippen molar-refractivity contribution in [3.63, 3.8) is 0 Å². The number of carbonyl (C=O) groups excluding carboxylic acids is 1. The Balaban J connectivity index is 2.03. The summed E-state index contributed by atoms with van der Waals surface area (Å²) >= 11 is 0. The maximum atomic E-state index is 12.1. The highest BCUT2D eigenvalue weighted by atomic mass is 32.3. The molecule has 26 heavy (non-hydrogen) atoms. The summed E-state index contributed by atoms with van der Waals surface area (Å²) in [7, 11) is -8.51. The number of sulfone groups is 1. The molecule has 0 saturated heterocycles. The summed E-state index contributed by atoms with van der Waals surface area (Å²) in [5, 5.41) is 2.61. The summed E-state index contributed by atoms with van der Waals surface area (Å²) in [6, 6.07) is 11.6. The van der Waals surface area contributed by atoms with Gasteiger partial charge in [0.25, 0.3) is 5.91 Å². The van der Waals surface area contributed by atoms with E-state index in [-0.39, 0.29) is 10.8 Å². The normalized spacial score (nSPS) is 11.9. The van der Waals surface area contributed by atoms with Crippen molar-refractivity contribution >= 4 is 37.5 Å². The van der Waals surface area contributed by atoms with Crippen LogP contribution in [0, 0.1) is 0 Å². The van der Waals surface area contributed by atoms with Crippen LogP contribution in [-0.2, 0) is 24.4 Å². The highest BCUT2D eigenvalue weighted by molar-refractivity contribution is 7.91. The van der Waals surface area contributed by atoms with Gasteiger partial charge in [-0.2, -0.15) is 8.42 Å². The molecular formula is C15H16N2O7S2. The van der Waals surface area contributed by atoms with Gasteiger partial charge in [0.1, 0.15) is 0 Å². The lowest BCUT2D eigenvalue weighted by Crippen LogP contribution is -2.16. The average molecular weight is 400 g/mol. The number of nitrogens with one attached hydrogen (secondary N) is 1. The third kappa shape index (κ3) is 5.81. The molecule has 0 spiro atoms. The van der Waals surface area contributed by atoms with Gasteiger partial charge in [0, 0.05) is 16.9 Å². The van der Waals surface area contributed by atoms with Crippen LogP contribution in [0.1, 0.15) is 10.4 Å². The van der Waals surface area contributed by atoms with Crippen LogP contribution in [0.25, 0.3) is 0 Å². The maximum absolute atomic E-state index is 12.1. The van der Waals surface area contributed by atoms with Crippen LogP contribution in [0.2, 0.25) is 0 Å². The molecule has 0 aliphatic carbocycles. The lowest BCUT2D eigenvalue weighted by atomic mass is 10.2. The minimum atomic E-state index is -4.70. The number of anilines is 2. The molecule has 0 fully saturated rings. The molecule has 1 amide bonds. The molecule has 0 unspecified atom stereocenters. The van der Waals surface area contributed by atoms with Crippen LogP contribution in [0.4, 0.5) is 11.4 Å². The van der Waals surface area contributed by atoms with E-state index in [1.54, 1.807) is 24.3 Å². The predicted octanol–water partition coefficient (Wildman–Crippen LogP) is 1.11. The Morgan fingerprint density at radius 3 is 2.12 bits per heavy atom. The quantitative estimate of drug-likeness (QED) is 0.461. The van der Waals surface area contributed by atoms with Gasteiger partial charge in [0.2, 0.25) is 0 Å². The lowest BCUT2D eigenvalue weighted by Gasteiger charge is -2.08. The van der Waals surface area contributed by atoms with E-state index in [0.29, 0.717) is 16.9 Å². The third-order valence-corrected chi connectivity index (χ3v) is 5.39. The highest BCUT2D eigenvalue weighted by Crippen LogP contribution is 2.17. The van der Waals surface area contributed by atoms with Crippen molar-refractivity contribution in [1.29, 1.82) is 0 Å². The van der Waals surface area contributed by atoms with Crippen LogP contribution in [-0.4, -0.2) is 39.7 Å². The van der Waals surface area contributed by atoms with Gasteiger partial charge in [-0.05, 0) is 48.5 Å². The number of amides is 1. The zero-order valence-electron chi connectivity index (χ0n) is 13.3. The Kier molecular flexibility index (Phi) is 5.97. The first-order valence-corrected chi connectivity index (χ1v) is 10.2. The van der Waals surface area contributed by atoms with Crippen LogP contribution >= 0.6 is 0 Å². The molecule has 2 aromatic carbocycles. The van der Waals surface area contributed by atoms with E-state index in [0.717, 1.165) is 0 Å². The topological polar surface area (TPSA) is 153 Å². The zero-order valence-corrected chi connectivity index (χ0v) is 15.0. The molecule has 0 aliphatic rings. The average Bonchev–Trinajstić information content (AvgIpc) is 2.54. The largest absolute Gasteiger partial charge is 0.399 e. The number of nitrogen functional groups attached to an aromatic ring is 1. The van der Waals surface area contributed by atoms with Gasteiger partial charge in [-0.3, -0.25) is 9.35 Å². The molecule has 0 aromatic heterocycles. The van der Waals surface area contributed by atoms with Crippen molar-refractivity contribution in [2.24, 2.45) is 0 Å². The molecule has 0 aliphatic heterocycles. The van der Waals surface area contributed by atoms with Crippen LogP contribution in [0.5, 0.6) is 0 Å². The number of nitrogens with two attached hydrogens (primary N) is 1. The second-order valence-electron chi connectivity index (χ2n) is 5.17. The summed E-state index contributed by atoms with van der Waals surface area (Å²) in [4.78, 5) is 12.0. The Labute approximate surface area is 150 Å². The van der Waals surface area contributed by atoms with Crippen LogP contribution in [0.3, 0.4) is 0 Å². The highest BCUT2D eigenvalue weighted by Gasteiger charge is 2.16. The molecule has 11 heteroatoms. The molecule has 0 atom stereocenters. The summed E-state index contributed by atoms with van der Waals surface area (Å²) in [5.41, 5.74) is 6.84. The smallest absolute Gasteiger partial charge is 0.397 e. The first-order valence-electron chi connectivity index (χ1n) is 7.18. The standard InChI is InChI=1S/C15H16N2O7S2/c16-12-3-1-11(2-4-12)15(18)17-13-5-7-14(8-6-13)25(19,20)10-9-24-26(21,22)23/h1-8H,9-10,16H2,(H,17,18)(H,21,22,23). The van der Waals surface area contributed by atoms with Gasteiger partial charge in [-0.15, -0.1) is 0 Å². The van der Waals surface area contributed by atoms with Crippen molar-refractivity contribution in [2.75, 3.05) is 23.4 Å². The van der Waals surface area contributed by atoms with Crippen molar-refractivity contribution in [2.45, 2.75) is 4.90 Å². The van der Waals surface area contributed by atoms with E-state index < -0.39 is 32.6 Å². The van der Waals surface area contributed by atoms with Gasteiger partial charge < -0.3 is 11.1 Å². The summed E-state index contributed by atoms with van der Waals surface area (Å²) < 4.78 is 57.4. The number of rotatable bonds is 7. The summed E-state index contributed by atoms with van der Waals surface area (Å²) in [6.45, 7) is -0.712. The molecule has 0 saturated carbocycles. The Morgan fingerprint density at radius 2 is 1.58 bits per heavy atom. The van der Waals surface area contributed by atoms with Gasteiger partial charge in [-0.1, -0.05) is 0 Å². The predicted molar refractivity (Wildman–Crippen MR) is 94.8 cm³/mol. The van der Waals surface area contributed by atoms with Crippen LogP contribution < -0.4 is 11.1 Å². The van der Waals surface area contributed by atoms with E-state index in [9.17, 15) is 21.6 Å². The molecule has 140 valence electrons. The zero-order chi connectivity index (χ0) is 19.4. The summed E-state index contributed by atoms with van der Waals surface area (Å²) in [5.74, 6) is -1.02. The molecule has 0 radical (unpaired) electrons. The molecule has 2 rings (SSSR count). The molecular weight excluding hydrogens is 384 g/mol. The Morgan fingerprint density at radius 1 is 1.00 bits per heavy atom. The minimum absolute atomic E-state index is 0.0816. The van der Waals surface area contributed by atoms with E-state index in [1.807, 2.05) is 0 Å². The second kappa shape index (κ2) is 7.83. The number of hydrogen-bond donors (Lipinski definition) is 3. The van der Waals surface area contributed by atoms with Crippen molar-refractivity contribution in [1.82, 2.24) is 0 Å². The van der Waals surface area contributed by atoms with E-state index in [4.69, 9.17) is 10.3 Å². The van der Waals surface area contributed by atoms with Gasteiger partial charge in [0.05, 0.1) is 17.3 Å². The summed E-state index contributed by atoms with van der Waals surface area (Å²) in [6.07, 6.45) is 0. The first kappa shape index (κ1) is 19.8. The third-order valence-electron chi connectivity index (χ3n) is 3.23. The van der Waals surface area contributed by atoms with Gasteiger partial charge in [-0.25, -0.2) is 12.6 Å². The van der Waals surface area contributed by atoms with Gasteiger partial charge in [0.15, 0.2) is 9.84 Å². The molecule has 4 N–H and O–H groups in total. The van der Waals surface area contributed by atoms with Crippen molar-refractivity contribution in [3.8, 4) is 0 Å². The lowest BCUT2D eigenvalue weighted by molar-refractivity contribution is 0.102. The molecule has 0 bridgehead atoms. The second-order valence-corrected chi connectivity index (χ2v) is 8.37. The molecule has 9 nitrogen and oxygen atoms in total. The molecule has 2 aromatic rings. The van der Waals surface area contributed by atoms with E-state index in [1.165, 1.54) is 24.3 Å². The SMILES string of the molecule is Nc1ccc(C(=O)Nc2ccc(S(=O)(=O)CCOS(=O)(=O)O)cc2)cc1. The Bertz CT molecular complexity index is 983. The number of benzene rings is 2. The van der Waals surface area contributed by atoms with Crippen molar-refractivity contribution < 1.29 is 30.4 Å². The fourth-order valence-electron chi connectivity index (χ4n) is 1.95. The fraction of sp³-hybridized carbons (Fsp3) is 0.133. The fourth-order valence-corrected chi connectivity index (χ4v) is 3.44. The van der Waals surface area contributed by atoms with E-state index >= 15 is 0 Å². The van der Waals surface area contributed by atoms with Crippen LogP contribution in [0.15, 0.2) is 53.4 Å². The first-order chi connectivity index (χ1) is 12.1. The maximum Gasteiger partial charge on any atom is 0.397 e. The molecule has 0 heterocycles. The van der Waals surface area contributed by atoms with Crippen molar-refractivity contribution in [3.05, 3.63) is 54.1 Å².